The van der Waals surface area contributed by atoms with Crippen molar-refractivity contribution in [2.75, 3.05) is 93.8 Å². The predicted molar refractivity (Wildman–Crippen MR) is 262 cm³/mol. The Labute approximate surface area is 531 Å². The summed E-state index contributed by atoms with van der Waals surface area (Å²) in [5.41, 5.74) is 13.9. The minimum Gasteiger partial charge on any atom is -0.813 e. The molecule has 0 aliphatic heterocycles. The van der Waals surface area contributed by atoms with Crippen molar-refractivity contribution < 1.29 is 202 Å². The molecule has 0 aliphatic rings. The summed E-state index contributed by atoms with van der Waals surface area (Å²) in [6.45, 7) is 2.26. The monoisotopic (exact) mass is 1430 g/mol. The minimum absolute atomic E-state index is 0. The van der Waals surface area contributed by atoms with Gasteiger partial charge in [0.2, 0.25) is 9.05 Å². The van der Waals surface area contributed by atoms with Crippen LogP contribution in [0.15, 0.2) is 88.3 Å². The number of hydrogen-bond donors (Lipinski definition) is 8. The molecule has 3 aromatic rings. The Morgan fingerprint density at radius 2 is 0.864 bits per heavy atom. The number of pyridine rings is 3. The van der Waals surface area contributed by atoms with Gasteiger partial charge in [-0.1, -0.05) is 18.2 Å². The van der Waals surface area contributed by atoms with Gasteiger partial charge in [-0.15, -0.1) is 0 Å². The van der Waals surface area contributed by atoms with E-state index in [1.54, 1.807) is 68.6 Å². The van der Waals surface area contributed by atoms with Gasteiger partial charge in [0.25, 0.3) is 0 Å². The second-order valence-corrected chi connectivity index (χ2v) is 17.5. The molecule has 4 radical (unpaired) electrons. The van der Waals surface area contributed by atoms with Crippen LogP contribution in [-0.4, -0.2) is 166 Å². The van der Waals surface area contributed by atoms with Gasteiger partial charge in [-0.3, -0.25) is 15.8 Å². The first-order chi connectivity index (χ1) is 28.0. The maximum absolute atomic E-state index is 9.40. The van der Waals surface area contributed by atoms with Crippen LogP contribution in [0, 0.1) is 0 Å². The fraction of sp³-hybridized carbons (Fsp3) is 0.452. The normalized spacial score (nSPS) is 8.26. The number of halogens is 1. The maximum Gasteiger partial charge on any atom is 0.229 e. The first kappa shape index (κ1) is 102. The van der Waals surface area contributed by atoms with Gasteiger partial charge >= 0.3 is 0 Å². The molecule has 3 aromatic heterocycles. The molecule has 0 fully saturated rings. The van der Waals surface area contributed by atoms with Gasteiger partial charge in [0, 0.05) is 195 Å². The van der Waals surface area contributed by atoms with E-state index in [2.05, 4.69) is 104 Å². The molecule has 0 aromatic carbocycles. The van der Waals surface area contributed by atoms with Crippen LogP contribution >= 0.6 is 55.3 Å². The van der Waals surface area contributed by atoms with E-state index in [0.717, 1.165) is 21.3 Å². The van der Waals surface area contributed by atoms with E-state index in [-0.39, 0.29) is 187 Å². The Kier molecular flexibility index (Phi) is 130. The molecule has 66 heavy (non-hydrogen) atoms. The predicted octanol–water partition coefficient (Wildman–Crippen LogP) is -1.55. The van der Waals surface area contributed by atoms with E-state index in [9.17, 15) is 8.42 Å². The summed E-state index contributed by atoms with van der Waals surface area (Å²) >= 11 is 12.9. The molecular weight excluding hydrogens is 1370 g/mol. The molecule has 0 saturated heterocycles. The van der Waals surface area contributed by atoms with Crippen LogP contribution in [0.1, 0.15) is 0 Å². The second kappa shape index (κ2) is 84.6. The molecule has 0 atom stereocenters. The number of methoxy groups -OCH3 is 4. The molecular formula is C31H61ClN7O14S9Y4-3. The number of aliphatic hydroxyl groups excluding tert-OH is 4. The summed E-state index contributed by atoms with van der Waals surface area (Å²) in [5.74, 6) is 0. The molecule has 0 spiro atoms. The van der Waals surface area contributed by atoms with E-state index in [1.807, 2.05) is 54.6 Å². The molecule has 0 saturated carbocycles. The third kappa shape index (κ3) is 166. The summed E-state index contributed by atoms with van der Waals surface area (Å²) in [6, 6.07) is 17.4. The van der Waals surface area contributed by atoms with Crippen molar-refractivity contribution >= 4 is 123 Å². The first-order valence-electron chi connectivity index (χ1n) is 15.7. The van der Waals surface area contributed by atoms with E-state index < -0.39 is 19.2 Å². The van der Waals surface area contributed by atoms with Crippen LogP contribution in [0.3, 0.4) is 0 Å². The van der Waals surface area contributed by atoms with Crippen molar-refractivity contribution in [1.82, 2.24) is 15.0 Å². The zero-order valence-electron chi connectivity index (χ0n) is 37.1. The number of ether oxygens (including phenoxy) is 4. The Bertz CT molecular complexity index is 1400. The van der Waals surface area contributed by atoms with Gasteiger partial charge < -0.3 is 110 Å². The number of aromatic nitrogens is 3. The fourth-order valence-electron chi connectivity index (χ4n) is 1.64. The zero-order chi connectivity index (χ0) is 48.1. The Hall–Kier alpha value is 2.79. The van der Waals surface area contributed by atoms with E-state index in [0.29, 0.717) is 32.7 Å². The van der Waals surface area contributed by atoms with Crippen molar-refractivity contribution in [3.8, 4) is 0 Å². The number of rotatable bonds is 12. The smallest absolute Gasteiger partial charge is 0.229 e. The number of nitrogens with zero attached hydrogens (tertiary/aromatic N) is 3. The molecule has 14 N–H and O–H groups in total. The summed E-state index contributed by atoms with van der Waals surface area (Å²) in [5, 5.41) is 39.3. The standard InChI is InChI=1S/C10H8N2S2.C5H5NS2.4C3H8O2.CH3ClO2S.2CH4N2S.CH4O3S.H2O.H2S.4Y/c1-3-7-11-9(5-1)13-14-10-6-2-4-8-12-10;7-8-5-3-1-2-4-6-5;4*1-5-3-2-4;1-5(2,3)4;2*2-1(3)4;1-5(2,3)4;;;;;;/h1-8H;1-4,7H;4*4H,2-3H2,1H3;1H3;2*(H4,2,3,4);1H3,(H,2,3,4);2*1H2;;;;/p-3. The Morgan fingerprint density at radius 3 is 0.955 bits per heavy atom. The molecule has 3 rings (SSSR count). The largest absolute Gasteiger partial charge is 0.813 e. The number of hydrogen-bond acceptors (Lipinski definition) is 23. The Balaban J connectivity index is -0.0000000442. The van der Waals surface area contributed by atoms with Crippen LogP contribution in [0.25, 0.3) is 0 Å². The van der Waals surface area contributed by atoms with Gasteiger partial charge in [0.1, 0.15) is 15.2 Å². The molecule has 3 heterocycles. The topological polar surface area (TPSA) is 383 Å². The van der Waals surface area contributed by atoms with Crippen LogP contribution < -0.4 is 22.6 Å². The fourth-order valence-corrected chi connectivity index (χ4v) is 3.92. The van der Waals surface area contributed by atoms with E-state index in [4.69, 9.17) is 33.4 Å². The number of thiol groups is 1. The number of thiocarbonyl (C=S) groups is 1. The number of aliphatic hydroxyl groups is 4. The van der Waals surface area contributed by atoms with Crippen LogP contribution in [-0.2, 0) is 207 Å². The summed E-state index contributed by atoms with van der Waals surface area (Å²) < 4.78 is 63.8. The second-order valence-electron chi connectivity index (χ2n) is 8.81. The van der Waals surface area contributed by atoms with E-state index >= 15 is 0 Å². The summed E-state index contributed by atoms with van der Waals surface area (Å²) in [6.07, 6.45) is 6.85. The molecule has 35 heteroatoms. The summed E-state index contributed by atoms with van der Waals surface area (Å²) in [7, 11) is 8.07. The molecule has 0 amide bonds. The van der Waals surface area contributed by atoms with Crippen LogP contribution in [0.2, 0.25) is 0 Å². The van der Waals surface area contributed by atoms with Gasteiger partial charge in [0.15, 0.2) is 5.11 Å². The van der Waals surface area contributed by atoms with Crippen molar-refractivity contribution in [3.05, 3.63) is 73.2 Å². The van der Waals surface area contributed by atoms with Gasteiger partial charge in [-0.05, 0) is 70.2 Å². The zero-order valence-corrected chi connectivity index (χ0v) is 56.6. The van der Waals surface area contributed by atoms with Gasteiger partial charge in [-0.25, -0.2) is 26.8 Å². The molecule has 21 nitrogen and oxygen atoms in total. The Morgan fingerprint density at radius 1 is 0.682 bits per heavy atom. The van der Waals surface area contributed by atoms with Crippen molar-refractivity contribution in [2.24, 2.45) is 17.2 Å². The van der Waals surface area contributed by atoms with Crippen molar-refractivity contribution in [2.45, 2.75) is 15.1 Å². The van der Waals surface area contributed by atoms with Crippen molar-refractivity contribution in [1.29, 1.82) is 0 Å². The van der Waals surface area contributed by atoms with Crippen molar-refractivity contribution in [3.63, 3.8) is 0 Å². The molecule has 0 aliphatic carbocycles. The third-order valence-corrected chi connectivity index (χ3v) is 6.50. The van der Waals surface area contributed by atoms with Gasteiger partial charge in [-0.2, -0.15) is 0 Å². The average Bonchev–Trinajstić information content (AvgIpc) is 3.16. The minimum atomic E-state index is -3.92. The summed E-state index contributed by atoms with van der Waals surface area (Å²) in [4.78, 5) is 12.4. The quantitative estimate of drug-likeness (QED) is 0.0149. The SMILES string of the molecule is COCCO.COCCO.COCCO.COCCO.CS(=O)(=O)Cl.CS(=O)(=O)[O-].NC(=[NH2+])[S-].NC(N)=S.O.[S-]Sc1ccccn1.[SH-].[Y].[Y].[Y].[Y].c1ccc(SSc2ccccn2)nc1. The van der Waals surface area contributed by atoms with Crippen LogP contribution in [0.5, 0.6) is 0 Å². The van der Waals surface area contributed by atoms with Gasteiger partial charge in [0.05, 0.1) is 74.3 Å². The maximum atomic E-state index is 9.40. The first-order valence-corrected chi connectivity index (χ1v) is 24.9. The molecule has 0 unspecified atom stereocenters. The molecule has 380 valence electrons. The average molecular weight is 1440 g/mol. The number of nitrogens with two attached hydrogens (primary N) is 4. The third-order valence-electron chi connectivity index (χ3n) is 3.39. The van der Waals surface area contributed by atoms with E-state index in [1.165, 1.54) is 10.8 Å². The molecule has 0 bridgehead atoms. The van der Waals surface area contributed by atoms with Crippen LogP contribution in [0.4, 0.5) is 0 Å². The number of amidine groups is 1.